The maximum absolute atomic E-state index is 11.9. The minimum atomic E-state index is -0.234. The van der Waals surface area contributed by atoms with E-state index in [1.807, 2.05) is 0 Å². The molecule has 0 atom stereocenters. The Labute approximate surface area is 102 Å². The Morgan fingerprint density at radius 2 is 1.69 bits per heavy atom. The summed E-state index contributed by atoms with van der Waals surface area (Å²) in [4.78, 5) is 25.0. The Balaban J connectivity index is 2.32. The number of benzene rings is 1. The molecular weight excluding hydrogens is 270 g/mol. The summed E-state index contributed by atoms with van der Waals surface area (Å²) < 4.78 is 0. The van der Waals surface area contributed by atoms with Crippen LogP contribution in [0, 0.1) is 0 Å². The van der Waals surface area contributed by atoms with Crippen LogP contribution >= 0.6 is 15.9 Å². The van der Waals surface area contributed by atoms with Crippen LogP contribution in [0.2, 0.25) is 0 Å². The Kier molecular flexibility index (Phi) is 2.92. The largest absolute Gasteiger partial charge is 0.270 e. The molecule has 0 radical (unpaired) electrons. The second-order valence-electron chi connectivity index (χ2n) is 3.63. The molecule has 1 aromatic rings. The first kappa shape index (κ1) is 11.1. The summed E-state index contributed by atoms with van der Waals surface area (Å²) in [7, 11) is 0. The fourth-order valence-corrected chi connectivity index (χ4v) is 1.83. The van der Waals surface area contributed by atoms with Crippen molar-refractivity contribution >= 4 is 27.7 Å². The van der Waals surface area contributed by atoms with E-state index in [1.165, 1.54) is 4.90 Å². The Hall–Kier alpha value is -1.42. The van der Waals surface area contributed by atoms with Gasteiger partial charge >= 0.3 is 0 Å². The highest BCUT2D eigenvalue weighted by Crippen LogP contribution is 2.23. The molecule has 0 fully saturated rings. The molecule has 0 saturated carbocycles. The third-order valence-corrected chi connectivity index (χ3v) is 3.24. The molecule has 4 heteroatoms. The van der Waals surface area contributed by atoms with Crippen LogP contribution in [0.3, 0.4) is 0 Å². The number of halogens is 1. The first-order valence-corrected chi connectivity index (χ1v) is 5.95. The minimum Gasteiger partial charge on any atom is -0.270 e. The molecule has 16 heavy (non-hydrogen) atoms. The van der Waals surface area contributed by atoms with Gasteiger partial charge < -0.3 is 0 Å². The Bertz CT molecular complexity index is 447. The van der Waals surface area contributed by atoms with Gasteiger partial charge in [0.25, 0.3) is 11.8 Å². The SMILES string of the molecule is C=C(CBr)CN1C(=O)c2ccccc2C1=O. The third-order valence-electron chi connectivity index (χ3n) is 2.45. The van der Waals surface area contributed by atoms with Crippen molar-refractivity contribution < 1.29 is 9.59 Å². The van der Waals surface area contributed by atoms with E-state index in [0.717, 1.165) is 5.57 Å². The standard InChI is InChI=1S/C12H10BrNO2/c1-8(6-13)7-14-11(15)9-4-2-3-5-10(9)12(14)16/h2-5H,1,6-7H2. The lowest BCUT2D eigenvalue weighted by Gasteiger charge is -2.13. The van der Waals surface area contributed by atoms with Crippen LogP contribution in [-0.4, -0.2) is 28.6 Å². The highest BCUT2D eigenvalue weighted by atomic mass is 79.9. The number of imide groups is 1. The average molecular weight is 280 g/mol. The van der Waals surface area contributed by atoms with E-state index in [-0.39, 0.29) is 18.4 Å². The second-order valence-corrected chi connectivity index (χ2v) is 4.19. The van der Waals surface area contributed by atoms with Crippen LogP contribution < -0.4 is 0 Å². The normalized spacial score (nSPS) is 14.2. The van der Waals surface area contributed by atoms with Crippen molar-refractivity contribution in [2.24, 2.45) is 0 Å². The van der Waals surface area contributed by atoms with Crippen molar-refractivity contribution in [3.8, 4) is 0 Å². The van der Waals surface area contributed by atoms with Gasteiger partial charge in [-0.3, -0.25) is 14.5 Å². The Morgan fingerprint density at radius 1 is 1.19 bits per heavy atom. The van der Waals surface area contributed by atoms with Gasteiger partial charge in [0.05, 0.1) is 17.7 Å². The number of alkyl halides is 1. The second kappa shape index (κ2) is 4.22. The molecule has 0 unspecified atom stereocenters. The summed E-state index contributed by atoms with van der Waals surface area (Å²) in [5, 5.41) is 0.584. The molecular formula is C12H10BrNO2. The summed E-state index contributed by atoms with van der Waals surface area (Å²) in [5.74, 6) is -0.467. The van der Waals surface area contributed by atoms with Gasteiger partial charge in [-0.25, -0.2) is 0 Å². The zero-order valence-electron chi connectivity index (χ0n) is 8.57. The molecule has 82 valence electrons. The first-order chi connectivity index (χ1) is 7.65. The summed E-state index contributed by atoms with van der Waals surface area (Å²) in [6.45, 7) is 4.05. The van der Waals surface area contributed by atoms with E-state index >= 15 is 0 Å². The van der Waals surface area contributed by atoms with Crippen molar-refractivity contribution in [3.63, 3.8) is 0 Å². The predicted octanol–water partition coefficient (Wildman–Crippen LogP) is 2.23. The molecule has 0 saturated heterocycles. The van der Waals surface area contributed by atoms with Crippen LogP contribution in [0.15, 0.2) is 36.4 Å². The molecule has 0 N–H and O–H groups in total. The maximum Gasteiger partial charge on any atom is 0.261 e. The van der Waals surface area contributed by atoms with Gasteiger partial charge in [0, 0.05) is 5.33 Å². The number of carbonyl (C=O) groups is 2. The quantitative estimate of drug-likeness (QED) is 0.483. The molecule has 1 aliphatic rings. The van der Waals surface area contributed by atoms with Crippen LogP contribution in [0.4, 0.5) is 0 Å². The van der Waals surface area contributed by atoms with Crippen molar-refractivity contribution in [1.82, 2.24) is 4.90 Å². The number of nitrogens with zero attached hydrogens (tertiary/aromatic N) is 1. The first-order valence-electron chi connectivity index (χ1n) is 4.83. The topological polar surface area (TPSA) is 37.4 Å². The molecule has 1 aromatic carbocycles. The summed E-state index contributed by atoms with van der Waals surface area (Å²) in [5.41, 5.74) is 1.76. The Morgan fingerprint density at radius 3 is 2.12 bits per heavy atom. The van der Waals surface area contributed by atoms with Gasteiger partial charge in [-0.1, -0.05) is 34.6 Å². The zero-order valence-corrected chi connectivity index (χ0v) is 10.2. The number of hydrogen-bond acceptors (Lipinski definition) is 2. The molecule has 1 aliphatic heterocycles. The number of hydrogen-bond donors (Lipinski definition) is 0. The van der Waals surface area contributed by atoms with E-state index in [1.54, 1.807) is 24.3 Å². The highest BCUT2D eigenvalue weighted by molar-refractivity contribution is 9.09. The average Bonchev–Trinajstić information content (AvgIpc) is 2.55. The molecule has 0 aromatic heterocycles. The van der Waals surface area contributed by atoms with Gasteiger partial charge in [0.1, 0.15) is 0 Å². The van der Waals surface area contributed by atoms with E-state index in [0.29, 0.717) is 16.5 Å². The van der Waals surface area contributed by atoms with Crippen LogP contribution in [-0.2, 0) is 0 Å². The van der Waals surface area contributed by atoms with E-state index < -0.39 is 0 Å². The van der Waals surface area contributed by atoms with Gasteiger partial charge in [-0.15, -0.1) is 0 Å². The van der Waals surface area contributed by atoms with E-state index in [9.17, 15) is 9.59 Å². The van der Waals surface area contributed by atoms with Crippen molar-refractivity contribution in [1.29, 1.82) is 0 Å². The zero-order chi connectivity index (χ0) is 11.7. The number of amides is 2. The summed E-state index contributed by atoms with van der Waals surface area (Å²) in [6.07, 6.45) is 0. The minimum absolute atomic E-state index is 0.234. The van der Waals surface area contributed by atoms with Crippen molar-refractivity contribution in [2.45, 2.75) is 0 Å². The lowest BCUT2D eigenvalue weighted by Crippen LogP contribution is -2.31. The molecule has 2 rings (SSSR count). The van der Waals surface area contributed by atoms with E-state index in [4.69, 9.17) is 0 Å². The predicted molar refractivity (Wildman–Crippen MR) is 64.7 cm³/mol. The maximum atomic E-state index is 11.9. The van der Waals surface area contributed by atoms with Crippen molar-refractivity contribution in [2.75, 3.05) is 11.9 Å². The van der Waals surface area contributed by atoms with Gasteiger partial charge in [0.2, 0.25) is 0 Å². The number of carbonyl (C=O) groups excluding carboxylic acids is 2. The molecule has 0 aliphatic carbocycles. The van der Waals surface area contributed by atoms with Gasteiger partial charge in [-0.05, 0) is 17.7 Å². The third kappa shape index (κ3) is 1.69. The van der Waals surface area contributed by atoms with Crippen LogP contribution in [0.1, 0.15) is 20.7 Å². The molecule has 0 bridgehead atoms. The van der Waals surface area contributed by atoms with E-state index in [2.05, 4.69) is 22.5 Å². The monoisotopic (exact) mass is 279 g/mol. The molecule has 0 spiro atoms. The van der Waals surface area contributed by atoms with Crippen LogP contribution in [0.25, 0.3) is 0 Å². The lowest BCUT2D eigenvalue weighted by molar-refractivity contribution is 0.0668. The molecule has 1 heterocycles. The number of fused-ring (bicyclic) bond motifs is 1. The highest BCUT2D eigenvalue weighted by Gasteiger charge is 2.34. The van der Waals surface area contributed by atoms with Crippen molar-refractivity contribution in [3.05, 3.63) is 47.5 Å². The summed E-state index contributed by atoms with van der Waals surface area (Å²) in [6, 6.07) is 6.86. The van der Waals surface area contributed by atoms with Gasteiger partial charge in [0.15, 0.2) is 0 Å². The van der Waals surface area contributed by atoms with Crippen LogP contribution in [0.5, 0.6) is 0 Å². The molecule has 2 amide bonds. The molecule has 3 nitrogen and oxygen atoms in total. The fraction of sp³-hybridized carbons (Fsp3) is 0.167. The van der Waals surface area contributed by atoms with Gasteiger partial charge in [-0.2, -0.15) is 0 Å². The number of rotatable bonds is 3. The smallest absolute Gasteiger partial charge is 0.261 e. The fourth-order valence-electron chi connectivity index (χ4n) is 1.65. The summed E-state index contributed by atoms with van der Waals surface area (Å²) >= 11 is 3.25. The lowest BCUT2D eigenvalue weighted by atomic mass is 10.1.